The molecule has 1 N–H and O–H groups in total. The Labute approximate surface area is 98.0 Å². The quantitative estimate of drug-likeness (QED) is 0.812. The van der Waals surface area contributed by atoms with Gasteiger partial charge in [-0.1, -0.05) is 6.92 Å². The number of ether oxygens (including phenoxy) is 1. The molecule has 88 valence electrons. The normalized spacial score (nSPS) is 16.3. The Kier molecular flexibility index (Phi) is 4.09. The van der Waals surface area contributed by atoms with Gasteiger partial charge in [-0.3, -0.25) is 0 Å². The van der Waals surface area contributed by atoms with Crippen LogP contribution in [0.5, 0.6) is 5.75 Å². The second-order valence-corrected chi connectivity index (χ2v) is 4.48. The first-order chi connectivity index (χ1) is 7.88. The molecule has 1 fully saturated rings. The van der Waals surface area contributed by atoms with Crippen LogP contribution in [0.2, 0.25) is 0 Å². The summed E-state index contributed by atoms with van der Waals surface area (Å²) in [4.78, 5) is 0. The number of nitrogens with one attached hydrogen (secondary N) is 1. The SMILES string of the molecule is CCCNc1ccc(OC2CCCC2)cc1. The molecule has 0 atom stereocenters. The van der Waals surface area contributed by atoms with Crippen molar-refractivity contribution in [3.05, 3.63) is 24.3 Å². The van der Waals surface area contributed by atoms with Crippen LogP contribution < -0.4 is 10.1 Å². The monoisotopic (exact) mass is 219 g/mol. The minimum absolute atomic E-state index is 0.453. The van der Waals surface area contributed by atoms with Crippen LogP contribution in [0.3, 0.4) is 0 Å². The predicted molar refractivity (Wildman–Crippen MR) is 68.1 cm³/mol. The lowest BCUT2D eigenvalue weighted by Crippen LogP contribution is -2.10. The summed E-state index contributed by atoms with van der Waals surface area (Å²) in [6.07, 6.45) is 6.68. The van der Waals surface area contributed by atoms with Crippen LogP contribution >= 0.6 is 0 Å². The maximum atomic E-state index is 5.91. The molecule has 0 radical (unpaired) electrons. The molecule has 0 unspecified atom stereocenters. The Hall–Kier alpha value is -1.18. The summed E-state index contributed by atoms with van der Waals surface area (Å²) in [5.41, 5.74) is 1.18. The van der Waals surface area contributed by atoms with E-state index in [9.17, 15) is 0 Å². The molecule has 2 nitrogen and oxygen atoms in total. The number of anilines is 1. The van der Waals surface area contributed by atoms with Crippen LogP contribution in [0, 0.1) is 0 Å². The van der Waals surface area contributed by atoms with E-state index in [1.807, 2.05) is 0 Å². The van der Waals surface area contributed by atoms with Gasteiger partial charge >= 0.3 is 0 Å². The fraction of sp³-hybridized carbons (Fsp3) is 0.571. The van der Waals surface area contributed by atoms with E-state index in [0.29, 0.717) is 6.10 Å². The minimum Gasteiger partial charge on any atom is -0.490 e. The Morgan fingerprint density at radius 3 is 2.50 bits per heavy atom. The van der Waals surface area contributed by atoms with Crippen LogP contribution in [-0.4, -0.2) is 12.6 Å². The summed E-state index contributed by atoms with van der Waals surface area (Å²) in [7, 11) is 0. The zero-order chi connectivity index (χ0) is 11.2. The summed E-state index contributed by atoms with van der Waals surface area (Å²) in [6, 6.07) is 8.33. The maximum absolute atomic E-state index is 5.91. The standard InChI is InChI=1S/C14H21NO/c1-2-11-15-12-7-9-14(10-8-12)16-13-5-3-4-6-13/h7-10,13,15H,2-6,11H2,1H3. The topological polar surface area (TPSA) is 21.3 Å². The lowest BCUT2D eigenvalue weighted by atomic mass is 10.2. The molecule has 16 heavy (non-hydrogen) atoms. The molecule has 2 heteroatoms. The van der Waals surface area contributed by atoms with Crippen LogP contribution in [0.15, 0.2) is 24.3 Å². The third-order valence-corrected chi connectivity index (χ3v) is 3.04. The van der Waals surface area contributed by atoms with Gasteiger partial charge in [-0.25, -0.2) is 0 Å². The van der Waals surface area contributed by atoms with Gasteiger partial charge in [0.25, 0.3) is 0 Å². The van der Waals surface area contributed by atoms with Crippen LogP contribution in [0.25, 0.3) is 0 Å². The molecule has 0 saturated heterocycles. The summed E-state index contributed by atoms with van der Waals surface area (Å²) < 4.78 is 5.91. The lowest BCUT2D eigenvalue weighted by Gasteiger charge is -2.13. The van der Waals surface area contributed by atoms with Gasteiger partial charge in [-0.15, -0.1) is 0 Å². The van der Waals surface area contributed by atoms with Gasteiger partial charge in [0.05, 0.1) is 6.10 Å². The van der Waals surface area contributed by atoms with Gasteiger partial charge in [0.2, 0.25) is 0 Å². The highest BCUT2D eigenvalue weighted by Crippen LogP contribution is 2.24. The van der Waals surface area contributed by atoms with Gasteiger partial charge in [-0.05, 0) is 56.4 Å². The van der Waals surface area contributed by atoms with Gasteiger partial charge in [-0.2, -0.15) is 0 Å². The molecule has 0 amide bonds. The molecule has 1 aromatic rings. The molecule has 0 aromatic heterocycles. The van der Waals surface area contributed by atoms with Crippen LogP contribution in [-0.2, 0) is 0 Å². The first-order valence-corrected chi connectivity index (χ1v) is 6.39. The summed E-state index contributed by atoms with van der Waals surface area (Å²) in [5, 5.41) is 3.36. The van der Waals surface area contributed by atoms with Crippen molar-refractivity contribution in [3.63, 3.8) is 0 Å². The smallest absolute Gasteiger partial charge is 0.119 e. The zero-order valence-corrected chi connectivity index (χ0v) is 10.0. The number of benzene rings is 1. The highest BCUT2D eigenvalue weighted by atomic mass is 16.5. The van der Waals surface area contributed by atoms with Gasteiger partial charge in [0, 0.05) is 12.2 Å². The largest absolute Gasteiger partial charge is 0.490 e. The van der Waals surface area contributed by atoms with E-state index < -0.39 is 0 Å². The van der Waals surface area contributed by atoms with Crippen molar-refractivity contribution in [2.24, 2.45) is 0 Å². The Balaban J connectivity index is 1.86. The van der Waals surface area contributed by atoms with E-state index in [1.54, 1.807) is 0 Å². The predicted octanol–water partition coefficient (Wildman–Crippen LogP) is 3.83. The molecular formula is C14H21NO. The number of rotatable bonds is 5. The Bertz CT molecular complexity index is 301. The Morgan fingerprint density at radius 2 is 1.88 bits per heavy atom. The Morgan fingerprint density at radius 1 is 1.19 bits per heavy atom. The zero-order valence-electron chi connectivity index (χ0n) is 10.0. The van der Waals surface area contributed by atoms with Crippen molar-refractivity contribution >= 4 is 5.69 Å². The second-order valence-electron chi connectivity index (χ2n) is 4.48. The van der Waals surface area contributed by atoms with Crippen molar-refractivity contribution in [2.45, 2.75) is 45.1 Å². The summed E-state index contributed by atoms with van der Waals surface area (Å²) in [6.45, 7) is 3.20. The average molecular weight is 219 g/mol. The molecular weight excluding hydrogens is 198 g/mol. The van der Waals surface area contributed by atoms with Crippen LogP contribution in [0.1, 0.15) is 39.0 Å². The van der Waals surface area contributed by atoms with E-state index in [2.05, 4.69) is 36.5 Å². The molecule has 1 aliphatic rings. The fourth-order valence-electron chi connectivity index (χ4n) is 2.12. The molecule has 0 heterocycles. The van der Waals surface area contributed by atoms with E-state index in [4.69, 9.17) is 4.74 Å². The van der Waals surface area contributed by atoms with Crippen LogP contribution in [0.4, 0.5) is 5.69 Å². The van der Waals surface area contributed by atoms with E-state index in [0.717, 1.165) is 18.7 Å². The van der Waals surface area contributed by atoms with Crippen molar-refractivity contribution < 1.29 is 4.74 Å². The highest BCUT2D eigenvalue weighted by Gasteiger charge is 2.16. The van der Waals surface area contributed by atoms with Gasteiger partial charge in [0.15, 0.2) is 0 Å². The average Bonchev–Trinajstić information content (AvgIpc) is 2.81. The van der Waals surface area contributed by atoms with E-state index >= 15 is 0 Å². The first kappa shape index (κ1) is 11.3. The molecule has 0 aliphatic heterocycles. The molecule has 1 aliphatic carbocycles. The van der Waals surface area contributed by atoms with Gasteiger partial charge in [0.1, 0.15) is 5.75 Å². The maximum Gasteiger partial charge on any atom is 0.119 e. The highest BCUT2D eigenvalue weighted by molar-refractivity contribution is 5.46. The number of hydrogen-bond donors (Lipinski definition) is 1. The van der Waals surface area contributed by atoms with Crippen molar-refractivity contribution in [2.75, 3.05) is 11.9 Å². The molecule has 0 spiro atoms. The third kappa shape index (κ3) is 3.16. The lowest BCUT2D eigenvalue weighted by molar-refractivity contribution is 0.210. The van der Waals surface area contributed by atoms with E-state index in [1.165, 1.54) is 31.4 Å². The summed E-state index contributed by atoms with van der Waals surface area (Å²) >= 11 is 0. The molecule has 1 saturated carbocycles. The summed E-state index contributed by atoms with van der Waals surface area (Å²) in [5.74, 6) is 1.01. The second kappa shape index (κ2) is 5.78. The molecule has 0 bridgehead atoms. The van der Waals surface area contributed by atoms with E-state index in [-0.39, 0.29) is 0 Å². The first-order valence-electron chi connectivity index (χ1n) is 6.39. The minimum atomic E-state index is 0.453. The third-order valence-electron chi connectivity index (χ3n) is 3.04. The molecule has 2 rings (SSSR count). The molecule has 1 aromatic carbocycles. The van der Waals surface area contributed by atoms with Crippen molar-refractivity contribution in [3.8, 4) is 5.75 Å². The fourth-order valence-corrected chi connectivity index (χ4v) is 2.12. The van der Waals surface area contributed by atoms with Gasteiger partial charge < -0.3 is 10.1 Å². The van der Waals surface area contributed by atoms with Crippen molar-refractivity contribution in [1.82, 2.24) is 0 Å². The number of hydrogen-bond acceptors (Lipinski definition) is 2. The van der Waals surface area contributed by atoms with Crippen molar-refractivity contribution in [1.29, 1.82) is 0 Å².